The molecule has 130 valence electrons. The maximum absolute atomic E-state index is 12.7. The first-order chi connectivity index (χ1) is 12.3. The molecule has 0 amide bonds. The summed E-state index contributed by atoms with van der Waals surface area (Å²) >= 11 is 0. The number of hydrogen-bond acceptors (Lipinski definition) is 5. The Morgan fingerprint density at radius 1 is 1.32 bits per heavy atom. The van der Waals surface area contributed by atoms with Crippen molar-refractivity contribution in [3.8, 4) is 5.75 Å². The van der Waals surface area contributed by atoms with Gasteiger partial charge >= 0.3 is 0 Å². The quantitative estimate of drug-likeness (QED) is 0.845. The van der Waals surface area contributed by atoms with Crippen molar-refractivity contribution in [1.29, 1.82) is 0 Å². The molecule has 1 aromatic heterocycles. The van der Waals surface area contributed by atoms with Crippen LogP contribution in [0.1, 0.15) is 50.6 Å². The van der Waals surface area contributed by atoms with E-state index in [-0.39, 0.29) is 11.8 Å². The topological polar surface area (TPSA) is 69.0 Å². The number of aromatic nitrogens is 3. The molecule has 2 aromatic rings. The minimum Gasteiger partial charge on any atom is -0.493 e. The summed E-state index contributed by atoms with van der Waals surface area (Å²) in [5.74, 6) is 1.68. The van der Waals surface area contributed by atoms with Gasteiger partial charge in [-0.1, -0.05) is 31.5 Å². The molecule has 0 saturated heterocycles. The first-order valence-electron chi connectivity index (χ1n) is 8.94. The standard InChI is InChI=1S/C19H22N4O2/c1-2-3-11-25-16-10-5-4-7-13(16)18-17-14(8-6-9-15(17)24)22-19-20-12-21-23(18)19/h4-5,7,10,12,18H,2-3,6,8-9,11H2,1H3,(H,20,21,22)/t18-/m0/s1. The Kier molecular flexibility index (Phi) is 4.26. The van der Waals surface area contributed by atoms with E-state index < -0.39 is 0 Å². The Balaban J connectivity index is 1.80. The van der Waals surface area contributed by atoms with Gasteiger partial charge in [-0.25, -0.2) is 4.68 Å². The number of nitrogens with one attached hydrogen (secondary N) is 1. The second-order valence-corrected chi connectivity index (χ2v) is 6.46. The Labute approximate surface area is 146 Å². The van der Waals surface area contributed by atoms with E-state index in [1.807, 2.05) is 24.3 Å². The van der Waals surface area contributed by atoms with E-state index in [4.69, 9.17) is 4.74 Å². The largest absolute Gasteiger partial charge is 0.493 e. The van der Waals surface area contributed by atoms with Gasteiger partial charge in [-0.3, -0.25) is 4.79 Å². The maximum atomic E-state index is 12.7. The molecule has 4 rings (SSSR count). The molecule has 1 aliphatic carbocycles. The summed E-state index contributed by atoms with van der Waals surface area (Å²) in [7, 11) is 0. The minimum absolute atomic E-state index is 0.184. The summed E-state index contributed by atoms with van der Waals surface area (Å²) in [6.07, 6.45) is 5.93. The Bertz CT molecular complexity index is 824. The average molecular weight is 338 g/mol. The predicted octanol–water partition coefficient (Wildman–Crippen LogP) is 3.48. The third-order valence-electron chi connectivity index (χ3n) is 4.78. The lowest BCUT2D eigenvalue weighted by molar-refractivity contribution is -0.116. The molecule has 1 aliphatic heterocycles. The van der Waals surface area contributed by atoms with E-state index in [9.17, 15) is 4.79 Å². The molecule has 0 spiro atoms. The number of anilines is 1. The second kappa shape index (κ2) is 6.70. The second-order valence-electron chi connectivity index (χ2n) is 6.46. The van der Waals surface area contributed by atoms with Crippen molar-refractivity contribution in [2.45, 2.75) is 45.1 Å². The number of ether oxygens (including phenoxy) is 1. The molecular weight excluding hydrogens is 316 g/mol. The molecule has 1 N–H and O–H groups in total. The zero-order valence-corrected chi connectivity index (χ0v) is 14.4. The third kappa shape index (κ3) is 2.81. The summed E-state index contributed by atoms with van der Waals surface area (Å²) in [5, 5.41) is 7.67. The van der Waals surface area contributed by atoms with E-state index >= 15 is 0 Å². The highest BCUT2D eigenvalue weighted by Crippen LogP contribution is 2.42. The minimum atomic E-state index is -0.278. The summed E-state index contributed by atoms with van der Waals surface area (Å²) in [5.41, 5.74) is 2.75. The van der Waals surface area contributed by atoms with Crippen molar-refractivity contribution in [2.75, 3.05) is 11.9 Å². The summed E-state index contributed by atoms with van der Waals surface area (Å²) < 4.78 is 7.82. The van der Waals surface area contributed by atoms with Crippen molar-refractivity contribution < 1.29 is 9.53 Å². The van der Waals surface area contributed by atoms with Gasteiger partial charge in [-0.05, 0) is 25.3 Å². The van der Waals surface area contributed by atoms with E-state index in [1.54, 1.807) is 4.68 Å². The highest BCUT2D eigenvalue weighted by Gasteiger charge is 2.37. The molecule has 0 bridgehead atoms. The molecule has 0 fully saturated rings. The zero-order valence-electron chi connectivity index (χ0n) is 14.4. The average Bonchev–Trinajstić information content (AvgIpc) is 3.09. The highest BCUT2D eigenvalue weighted by molar-refractivity contribution is 5.99. The Hall–Kier alpha value is -2.63. The van der Waals surface area contributed by atoms with Crippen molar-refractivity contribution in [2.24, 2.45) is 0 Å². The normalized spacial score (nSPS) is 19.2. The first kappa shape index (κ1) is 15.9. The van der Waals surface area contributed by atoms with Crippen LogP contribution in [-0.2, 0) is 4.79 Å². The molecule has 1 aromatic carbocycles. The van der Waals surface area contributed by atoms with Gasteiger partial charge in [0.1, 0.15) is 18.1 Å². The van der Waals surface area contributed by atoms with E-state index in [2.05, 4.69) is 22.3 Å². The fourth-order valence-electron chi connectivity index (χ4n) is 3.55. The molecule has 2 heterocycles. The number of carbonyl (C=O) groups is 1. The number of ketones is 1. The van der Waals surface area contributed by atoms with Crippen LogP contribution in [0.3, 0.4) is 0 Å². The van der Waals surface area contributed by atoms with E-state index in [0.29, 0.717) is 19.0 Å². The molecule has 25 heavy (non-hydrogen) atoms. The van der Waals surface area contributed by atoms with Crippen LogP contribution in [0.25, 0.3) is 0 Å². The fraction of sp³-hybridized carbons (Fsp3) is 0.421. The van der Waals surface area contributed by atoms with Crippen LogP contribution >= 0.6 is 0 Å². The molecule has 6 heteroatoms. The van der Waals surface area contributed by atoms with Crippen molar-refractivity contribution >= 4 is 11.7 Å². The number of unbranched alkanes of at least 4 members (excludes halogenated alkanes) is 1. The number of fused-ring (bicyclic) bond motifs is 1. The molecule has 0 unspecified atom stereocenters. The Morgan fingerprint density at radius 2 is 2.20 bits per heavy atom. The van der Waals surface area contributed by atoms with Gasteiger partial charge in [0, 0.05) is 23.3 Å². The lowest BCUT2D eigenvalue weighted by atomic mass is 9.85. The number of carbonyl (C=O) groups excluding carboxylic acids is 1. The van der Waals surface area contributed by atoms with Crippen LogP contribution in [-0.4, -0.2) is 27.2 Å². The van der Waals surface area contributed by atoms with Crippen LogP contribution in [0.4, 0.5) is 5.95 Å². The maximum Gasteiger partial charge on any atom is 0.226 e. The number of benzene rings is 1. The van der Waals surface area contributed by atoms with Crippen molar-refractivity contribution in [3.63, 3.8) is 0 Å². The van der Waals surface area contributed by atoms with Crippen LogP contribution in [0.15, 0.2) is 41.9 Å². The third-order valence-corrected chi connectivity index (χ3v) is 4.78. The van der Waals surface area contributed by atoms with E-state index in [0.717, 1.165) is 48.3 Å². The smallest absolute Gasteiger partial charge is 0.226 e. The highest BCUT2D eigenvalue weighted by atomic mass is 16.5. The van der Waals surface area contributed by atoms with Gasteiger partial charge < -0.3 is 10.1 Å². The lowest BCUT2D eigenvalue weighted by Crippen LogP contribution is -2.31. The van der Waals surface area contributed by atoms with Crippen LogP contribution < -0.4 is 10.1 Å². The number of para-hydroxylation sites is 1. The molecule has 0 saturated carbocycles. The molecule has 1 atom stereocenters. The summed E-state index contributed by atoms with van der Waals surface area (Å²) in [4.78, 5) is 17.0. The van der Waals surface area contributed by atoms with Gasteiger partial charge in [0.2, 0.25) is 5.95 Å². The van der Waals surface area contributed by atoms with Gasteiger partial charge in [0.15, 0.2) is 5.78 Å². The van der Waals surface area contributed by atoms with Crippen molar-refractivity contribution in [1.82, 2.24) is 14.8 Å². The van der Waals surface area contributed by atoms with Crippen LogP contribution in [0.2, 0.25) is 0 Å². The summed E-state index contributed by atoms with van der Waals surface area (Å²) in [6, 6.07) is 7.66. The number of hydrogen-bond donors (Lipinski definition) is 1. The molecular formula is C19H22N4O2. The fourth-order valence-corrected chi connectivity index (χ4v) is 3.55. The number of Topliss-reactive ketones (excluding diaryl/α,β-unsaturated/α-hetero) is 1. The van der Waals surface area contributed by atoms with Gasteiger partial charge in [-0.2, -0.15) is 10.1 Å². The number of nitrogens with zero attached hydrogens (tertiary/aromatic N) is 3. The van der Waals surface area contributed by atoms with Gasteiger partial charge in [-0.15, -0.1) is 0 Å². The van der Waals surface area contributed by atoms with Crippen LogP contribution in [0.5, 0.6) is 5.75 Å². The predicted molar refractivity (Wildman–Crippen MR) is 94.5 cm³/mol. The number of allylic oxidation sites excluding steroid dienone is 2. The lowest BCUT2D eigenvalue weighted by Gasteiger charge is -2.32. The number of rotatable bonds is 5. The molecule has 6 nitrogen and oxygen atoms in total. The monoisotopic (exact) mass is 338 g/mol. The summed E-state index contributed by atoms with van der Waals surface area (Å²) in [6.45, 7) is 2.81. The van der Waals surface area contributed by atoms with Gasteiger partial charge in [0.05, 0.1) is 6.61 Å². The molecule has 2 aliphatic rings. The van der Waals surface area contributed by atoms with Crippen molar-refractivity contribution in [3.05, 3.63) is 47.4 Å². The Morgan fingerprint density at radius 3 is 3.08 bits per heavy atom. The first-order valence-corrected chi connectivity index (χ1v) is 8.94. The zero-order chi connectivity index (χ0) is 17.2. The van der Waals surface area contributed by atoms with Gasteiger partial charge in [0.25, 0.3) is 0 Å². The molecule has 0 radical (unpaired) electrons. The van der Waals surface area contributed by atoms with Crippen LogP contribution in [0, 0.1) is 0 Å². The SMILES string of the molecule is CCCCOc1ccccc1[C@H]1C2=C(CCCC2=O)Nc2ncnn21. The van der Waals surface area contributed by atoms with E-state index in [1.165, 1.54) is 6.33 Å².